The van der Waals surface area contributed by atoms with Crippen molar-refractivity contribution in [3.05, 3.63) is 12.2 Å². The summed E-state index contributed by atoms with van der Waals surface area (Å²) >= 11 is 0. The number of carbonyl (C=O) groups excluding carboxylic acids is 3. The van der Waals surface area contributed by atoms with Crippen LogP contribution in [0.25, 0.3) is 0 Å². The number of ether oxygens (including phenoxy) is 1. The summed E-state index contributed by atoms with van der Waals surface area (Å²) in [7, 11) is 0. The van der Waals surface area contributed by atoms with E-state index in [1.807, 2.05) is 39.8 Å². The molecule has 1 aliphatic heterocycles. The van der Waals surface area contributed by atoms with Crippen LogP contribution < -0.4 is 5.32 Å². The van der Waals surface area contributed by atoms with Crippen LogP contribution in [0.2, 0.25) is 0 Å². The molecule has 0 bridgehead atoms. The molecule has 0 unspecified atom stereocenters. The van der Waals surface area contributed by atoms with Crippen LogP contribution in [0, 0.1) is 29.6 Å². The lowest BCUT2D eigenvalue weighted by Crippen LogP contribution is -2.54. The molecule has 0 spiro atoms. The van der Waals surface area contributed by atoms with Crippen LogP contribution in [-0.2, 0) is 19.1 Å². The van der Waals surface area contributed by atoms with E-state index in [2.05, 4.69) is 5.32 Å². The molecule has 1 saturated heterocycles. The van der Waals surface area contributed by atoms with E-state index in [0.29, 0.717) is 6.54 Å². The molecule has 2 amide bonds. The highest BCUT2D eigenvalue weighted by Gasteiger charge is 2.58. The number of likely N-dealkylation sites (tertiary alicyclic amines) is 1. The standard InChI is InChI=1S/C23H38N2O5/c1-6-9-12-24-21(27)20-16-11-10-15(5)18(23(29)30-8-3)19(16)22(28)25(20)17(13-26)14(4)7-2/h10-11,14-20,26H,6-9,12-13H2,1-5H3,(H,24,27)/t14-,15+,16-,17-,18+,19+,20-/m0/s1. The van der Waals surface area contributed by atoms with Gasteiger partial charge in [0.05, 0.1) is 31.1 Å². The number of fused-ring (bicyclic) bond motifs is 1. The summed E-state index contributed by atoms with van der Waals surface area (Å²) in [5, 5.41) is 13.1. The zero-order valence-corrected chi connectivity index (χ0v) is 19.0. The van der Waals surface area contributed by atoms with Gasteiger partial charge in [-0.25, -0.2) is 0 Å². The third-order valence-corrected chi connectivity index (χ3v) is 6.71. The highest BCUT2D eigenvalue weighted by atomic mass is 16.5. The molecule has 0 aromatic heterocycles. The first-order valence-electron chi connectivity index (χ1n) is 11.4. The fraction of sp³-hybridized carbons (Fsp3) is 0.783. The van der Waals surface area contributed by atoms with Gasteiger partial charge in [0.2, 0.25) is 11.8 Å². The minimum Gasteiger partial charge on any atom is -0.466 e. The number of aliphatic hydroxyl groups excluding tert-OH is 1. The predicted octanol–water partition coefficient (Wildman–Crippen LogP) is 2.14. The molecule has 0 saturated carbocycles. The average Bonchev–Trinajstić information content (AvgIpc) is 3.01. The van der Waals surface area contributed by atoms with Gasteiger partial charge in [-0.15, -0.1) is 0 Å². The third kappa shape index (κ3) is 4.71. The summed E-state index contributed by atoms with van der Waals surface area (Å²) < 4.78 is 5.28. The molecule has 0 aromatic rings. The second kappa shape index (κ2) is 10.9. The number of nitrogens with zero attached hydrogens (tertiary/aromatic N) is 1. The van der Waals surface area contributed by atoms with Gasteiger partial charge in [0, 0.05) is 12.5 Å². The Balaban J connectivity index is 2.47. The van der Waals surface area contributed by atoms with Crippen molar-refractivity contribution in [2.45, 2.75) is 66.0 Å². The van der Waals surface area contributed by atoms with Gasteiger partial charge in [0.15, 0.2) is 0 Å². The zero-order chi connectivity index (χ0) is 22.4. The van der Waals surface area contributed by atoms with E-state index in [4.69, 9.17) is 4.74 Å². The minimum atomic E-state index is -0.730. The van der Waals surface area contributed by atoms with Gasteiger partial charge in [-0.3, -0.25) is 14.4 Å². The number of allylic oxidation sites excluding steroid dienone is 1. The zero-order valence-electron chi connectivity index (χ0n) is 19.0. The highest BCUT2D eigenvalue weighted by Crippen LogP contribution is 2.45. The Hall–Kier alpha value is -1.89. The van der Waals surface area contributed by atoms with E-state index >= 15 is 0 Å². The average molecular weight is 423 g/mol. The van der Waals surface area contributed by atoms with Crippen molar-refractivity contribution in [3.8, 4) is 0 Å². The van der Waals surface area contributed by atoms with Crippen LogP contribution in [0.15, 0.2) is 12.2 Å². The predicted molar refractivity (Wildman–Crippen MR) is 114 cm³/mol. The summed E-state index contributed by atoms with van der Waals surface area (Å²) in [6.07, 6.45) is 6.41. The maximum absolute atomic E-state index is 13.7. The number of esters is 1. The van der Waals surface area contributed by atoms with Gasteiger partial charge < -0.3 is 20.1 Å². The van der Waals surface area contributed by atoms with Crippen molar-refractivity contribution in [3.63, 3.8) is 0 Å². The maximum Gasteiger partial charge on any atom is 0.310 e. The fourth-order valence-electron chi connectivity index (χ4n) is 4.80. The van der Waals surface area contributed by atoms with E-state index in [9.17, 15) is 19.5 Å². The van der Waals surface area contributed by atoms with E-state index in [1.54, 1.807) is 11.8 Å². The second-order valence-corrected chi connectivity index (χ2v) is 8.60. The van der Waals surface area contributed by atoms with E-state index in [0.717, 1.165) is 19.3 Å². The van der Waals surface area contributed by atoms with Crippen molar-refractivity contribution in [1.29, 1.82) is 0 Å². The first-order valence-corrected chi connectivity index (χ1v) is 11.4. The molecule has 2 rings (SSSR count). The first kappa shape index (κ1) is 24.4. The normalized spacial score (nSPS) is 30.0. The Morgan fingerprint density at radius 2 is 1.97 bits per heavy atom. The van der Waals surface area contributed by atoms with Gasteiger partial charge in [-0.05, 0) is 25.2 Å². The first-order chi connectivity index (χ1) is 14.3. The Morgan fingerprint density at radius 1 is 1.27 bits per heavy atom. The molecule has 0 radical (unpaired) electrons. The Kier molecular flexibility index (Phi) is 8.89. The maximum atomic E-state index is 13.7. The molecule has 1 heterocycles. The number of hydrogen-bond donors (Lipinski definition) is 2. The van der Waals surface area contributed by atoms with Gasteiger partial charge in [0.1, 0.15) is 6.04 Å². The molecular weight excluding hydrogens is 384 g/mol. The summed E-state index contributed by atoms with van der Waals surface area (Å²) in [6, 6.07) is -1.20. The molecular formula is C23H38N2O5. The lowest BCUT2D eigenvalue weighted by atomic mass is 9.70. The fourth-order valence-corrected chi connectivity index (χ4v) is 4.80. The van der Waals surface area contributed by atoms with Gasteiger partial charge in [0.25, 0.3) is 0 Å². The Morgan fingerprint density at radius 3 is 2.53 bits per heavy atom. The summed E-state index contributed by atoms with van der Waals surface area (Å²) in [6.45, 7) is 10.2. The number of nitrogens with one attached hydrogen (secondary N) is 1. The van der Waals surface area contributed by atoms with Gasteiger partial charge in [-0.2, -0.15) is 0 Å². The van der Waals surface area contributed by atoms with Gasteiger partial charge >= 0.3 is 5.97 Å². The monoisotopic (exact) mass is 422 g/mol. The molecule has 2 N–H and O–H groups in total. The molecule has 1 fully saturated rings. The molecule has 30 heavy (non-hydrogen) atoms. The smallest absolute Gasteiger partial charge is 0.310 e. The van der Waals surface area contributed by atoms with Crippen LogP contribution in [-0.4, -0.2) is 59.6 Å². The molecule has 7 nitrogen and oxygen atoms in total. The molecule has 170 valence electrons. The SMILES string of the molecule is CCCCNC(=O)[C@@H]1[C@H]2C=C[C@@H](C)[C@@H](C(=O)OCC)[C@@H]2C(=O)N1[C@@H](CO)[C@@H](C)CC. The Labute approximate surface area is 180 Å². The van der Waals surface area contributed by atoms with Crippen LogP contribution in [0.4, 0.5) is 0 Å². The second-order valence-electron chi connectivity index (χ2n) is 8.60. The van der Waals surface area contributed by atoms with Crippen LogP contribution in [0.1, 0.15) is 53.9 Å². The molecule has 0 aromatic carbocycles. The summed E-state index contributed by atoms with van der Waals surface area (Å²) in [5.41, 5.74) is 0. The van der Waals surface area contributed by atoms with E-state index in [1.165, 1.54) is 0 Å². The Bertz CT molecular complexity index is 650. The van der Waals surface area contributed by atoms with Crippen LogP contribution in [0.3, 0.4) is 0 Å². The quantitative estimate of drug-likeness (QED) is 0.319. The van der Waals surface area contributed by atoms with Crippen molar-refractivity contribution >= 4 is 17.8 Å². The van der Waals surface area contributed by atoms with Crippen LogP contribution in [0.5, 0.6) is 0 Å². The number of hydrogen-bond acceptors (Lipinski definition) is 5. The van der Waals surface area contributed by atoms with Crippen molar-refractivity contribution in [2.75, 3.05) is 19.8 Å². The van der Waals surface area contributed by atoms with Crippen LogP contribution >= 0.6 is 0 Å². The molecule has 7 atom stereocenters. The number of rotatable bonds is 10. The number of unbranched alkanes of at least 4 members (excludes halogenated alkanes) is 1. The number of carbonyl (C=O) groups is 3. The van der Waals surface area contributed by atoms with Crippen molar-refractivity contribution in [2.24, 2.45) is 29.6 Å². The summed E-state index contributed by atoms with van der Waals surface area (Å²) in [5.74, 6) is -2.67. The van der Waals surface area contributed by atoms with Crippen molar-refractivity contribution < 1.29 is 24.2 Å². The number of amides is 2. The highest BCUT2D eigenvalue weighted by molar-refractivity contribution is 5.96. The lowest BCUT2D eigenvalue weighted by Gasteiger charge is -2.36. The third-order valence-electron chi connectivity index (χ3n) is 6.71. The lowest BCUT2D eigenvalue weighted by molar-refractivity contribution is -0.156. The van der Waals surface area contributed by atoms with Crippen molar-refractivity contribution in [1.82, 2.24) is 10.2 Å². The minimum absolute atomic E-state index is 0.0208. The van der Waals surface area contributed by atoms with E-state index < -0.39 is 35.8 Å². The summed E-state index contributed by atoms with van der Waals surface area (Å²) in [4.78, 5) is 41.2. The molecule has 2 aliphatic rings. The molecule has 1 aliphatic carbocycles. The van der Waals surface area contributed by atoms with E-state index in [-0.39, 0.29) is 36.9 Å². The molecule has 7 heteroatoms. The largest absolute Gasteiger partial charge is 0.466 e. The number of aliphatic hydroxyl groups is 1. The van der Waals surface area contributed by atoms with Gasteiger partial charge in [-0.1, -0.05) is 52.7 Å². The topological polar surface area (TPSA) is 95.9 Å².